The maximum absolute atomic E-state index is 12.6. The number of carbonyl (C=O) groups excluding carboxylic acids is 1. The molecule has 0 saturated carbocycles. The van der Waals surface area contributed by atoms with Crippen molar-refractivity contribution in [2.45, 2.75) is 25.2 Å². The molecule has 2 aromatic heterocycles. The summed E-state index contributed by atoms with van der Waals surface area (Å²) in [6.45, 7) is 3.82. The summed E-state index contributed by atoms with van der Waals surface area (Å²) in [6, 6.07) is 7.23. The fourth-order valence-electron chi connectivity index (χ4n) is 2.92. The molecular formula is C18H22N4O4S. The predicted octanol–water partition coefficient (Wildman–Crippen LogP) is 1.83. The molecule has 0 bridgehead atoms. The summed E-state index contributed by atoms with van der Waals surface area (Å²) in [7, 11) is -0.884. The highest BCUT2D eigenvalue weighted by molar-refractivity contribution is 7.89. The first kappa shape index (κ1) is 19.1. The van der Waals surface area contributed by atoms with Crippen LogP contribution in [-0.2, 0) is 28.2 Å². The predicted molar refractivity (Wildman–Crippen MR) is 101 cm³/mol. The van der Waals surface area contributed by atoms with Crippen LogP contribution in [0.4, 0.5) is 0 Å². The minimum atomic E-state index is -3.76. The Morgan fingerprint density at radius 2 is 2.04 bits per heavy atom. The molecule has 0 aliphatic carbocycles. The summed E-state index contributed by atoms with van der Waals surface area (Å²) in [5.41, 5.74) is 3.54. The number of hydrogen-bond donors (Lipinski definition) is 2. The Labute approximate surface area is 157 Å². The van der Waals surface area contributed by atoms with E-state index in [1.165, 1.54) is 17.7 Å². The third kappa shape index (κ3) is 3.74. The zero-order valence-electron chi connectivity index (χ0n) is 15.7. The van der Waals surface area contributed by atoms with E-state index < -0.39 is 16.0 Å². The van der Waals surface area contributed by atoms with Crippen LogP contribution in [0.5, 0.6) is 0 Å². The van der Waals surface area contributed by atoms with Gasteiger partial charge in [-0.2, -0.15) is 0 Å². The number of benzene rings is 1. The van der Waals surface area contributed by atoms with Gasteiger partial charge in [0.05, 0.1) is 18.1 Å². The van der Waals surface area contributed by atoms with E-state index >= 15 is 0 Å². The normalized spacial score (nSPS) is 11.9. The molecule has 0 amide bonds. The second kappa shape index (κ2) is 7.16. The molecule has 0 atom stereocenters. The van der Waals surface area contributed by atoms with E-state index in [0.29, 0.717) is 17.9 Å². The van der Waals surface area contributed by atoms with E-state index in [1.807, 2.05) is 25.1 Å². The number of carbonyl (C=O) groups is 1. The molecule has 0 aliphatic heterocycles. The zero-order valence-corrected chi connectivity index (χ0v) is 16.5. The standard InChI is InChI=1S/C18H22N4O4S/c1-11-5-6-13-14(9-11)21-17(20-13)7-8-19-27(24,25)16-10-15(18(23)26-4)22(3)12(16)2/h5-6,9-10,19H,7-8H2,1-4H3,(H,20,21). The van der Waals surface area contributed by atoms with Crippen LogP contribution in [0.15, 0.2) is 29.2 Å². The zero-order chi connectivity index (χ0) is 19.8. The van der Waals surface area contributed by atoms with Crippen molar-refractivity contribution in [1.82, 2.24) is 19.3 Å². The summed E-state index contributed by atoms with van der Waals surface area (Å²) in [5, 5.41) is 0. The number of imidazole rings is 1. The van der Waals surface area contributed by atoms with Crippen molar-refractivity contribution in [2.24, 2.45) is 7.05 Å². The quantitative estimate of drug-likeness (QED) is 0.625. The highest BCUT2D eigenvalue weighted by Crippen LogP contribution is 2.20. The lowest BCUT2D eigenvalue weighted by atomic mass is 10.2. The SMILES string of the molecule is COC(=O)c1cc(S(=O)(=O)NCCc2nc3ccc(C)cc3[nH]2)c(C)n1C. The molecule has 8 nitrogen and oxygen atoms in total. The van der Waals surface area contributed by atoms with E-state index in [0.717, 1.165) is 16.6 Å². The smallest absolute Gasteiger partial charge is 0.354 e. The second-order valence-electron chi connectivity index (χ2n) is 6.38. The molecule has 2 heterocycles. The minimum absolute atomic E-state index is 0.0608. The number of H-pyrrole nitrogens is 1. The van der Waals surface area contributed by atoms with Crippen LogP contribution < -0.4 is 4.72 Å². The molecule has 144 valence electrons. The number of hydrogen-bond acceptors (Lipinski definition) is 5. The number of fused-ring (bicyclic) bond motifs is 1. The number of nitrogens with one attached hydrogen (secondary N) is 2. The Bertz CT molecular complexity index is 1110. The van der Waals surface area contributed by atoms with Gasteiger partial charge >= 0.3 is 5.97 Å². The molecule has 3 aromatic rings. The molecule has 0 saturated heterocycles. The number of rotatable bonds is 6. The lowest BCUT2D eigenvalue weighted by Gasteiger charge is -2.06. The first-order chi connectivity index (χ1) is 12.7. The number of aromatic nitrogens is 3. The Kier molecular flexibility index (Phi) is 5.07. The number of methoxy groups -OCH3 is 1. The van der Waals surface area contributed by atoms with Crippen molar-refractivity contribution < 1.29 is 17.9 Å². The fraction of sp³-hybridized carbons (Fsp3) is 0.333. The molecule has 9 heteroatoms. The van der Waals surface area contributed by atoms with Gasteiger partial charge in [0.2, 0.25) is 10.0 Å². The molecular weight excluding hydrogens is 368 g/mol. The van der Waals surface area contributed by atoms with Crippen LogP contribution >= 0.6 is 0 Å². The van der Waals surface area contributed by atoms with Gasteiger partial charge in [-0.3, -0.25) is 0 Å². The molecule has 0 radical (unpaired) electrons. The van der Waals surface area contributed by atoms with Crippen LogP contribution in [0.2, 0.25) is 0 Å². The van der Waals surface area contributed by atoms with E-state index in [4.69, 9.17) is 0 Å². The topological polar surface area (TPSA) is 106 Å². The first-order valence-electron chi connectivity index (χ1n) is 8.42. The van der Waals surface area contributed by atoms with Gasteiger partial charge in [0, 0.05) is 25.7 Å². The molecule has 1 aromatic carbocycles. The number of aromatic amines is 1. The van der Waals surface area contributed by atoms with Crippen molar-refractivity contribution in [1.29, 1.82) is 0 Å². The summed E-state index contributed by atoms with van der Waals surface area (Å²) in [5.74, 6) is 0.123. The third-order valence-corrected chi connectivity index (χ3v) is 6.09. The number of nitrogens with zero attached hydrogens (tertiary/aromatic N) is 2. The van der Waals surface area contributed by atoms with Gasteiger partial charge in [0.25, 0.3) is 0 Å². The molecule has 0 aliphatic rings. The Hall–Kier alpha value is -2.65. The Balaban J connectivity index is 1.74. The molecule has 0 fully saturated rings. The van der Waals surface area contributed by atoms with Crippen LogP contribution in [-0.4, -0.2) is 42.6 Å². The van der Waals surface area contributed by atoms with Crippen molar-refractivity contribution in [3.8, 4) is 0 Å². The van der Waals surface area contributed by atoms with E-state index in [1.54, 1.807) is 14.0 Å². The molecule has 0 spiro atoms. The largest absolute Gasteiger partial charge is 0.464 e. The molecule has 27 heavy (non-hydrogen) atoms. The summed E-state index contributed by atoms with van der Waals surface area (Å²) in [4.78, 5) is 19.5. The Morgan fingerprint density at radius 1 is 1.30 bits per heavy atom. The average Bonchev–Trinajstić information content (AvgIpc) is 3.15. The molecule has 2 N–H and O–H groups in total. The van der Waals surface area contributed by atoms with Crippen LogP contribution in [0.3, 0.4) is 0 Å². The number of ether oxygens (including phenoxy) is 1. The van der Waals surface area contributed by atoms with Gasteiger partial charge in [-0.25, -0.2) is 22.9 Å². The lowest BCUT2D eigenvalue weighted by molar-refractivity contribution is 0.0589. The number of aryl methyl sites for hydroxylation is 1. The summed E-state index contributed by atoms with van der Waals surface area (Å²) >= 11 is 0. The maximum Gasteiger partial charge on any atom is 0.354 e. The monoisotopic (exact) mass is 390 g/mol. The van der Waals surface area contributed by atoms with Crippen molar-refractivity contribution in [3.05, 3.63) is 47.0 Å². The van der Waals surface area contributed by atoms with Gasteiger partial charge in [-0.15, -0.1) is 0 Å². The van der Waals surface area contributed by atoms with E-state index in [9.17, 15) is 13.2 Å². The summed E-state index contributed by atoms with van der Waals surface area (Å²) in [6.07, 6.45) is 0.419. The van der Waals surface area contributed by atoms with Crippen molar-refractivity contribution in [3.63, 3.8) is 0 Å². The minimum Gasteiger partial charge on any atom is -0.464 e. The number of esters is 1. The van der Waals surface area contributed by atoms with Gasteiger partial charge in [-0.1, -0.05) is 6.07 Å². The Morgan fingerprint density at radius 3 is 2.74 bits per heavy atom. The second-order valence-corrected chi connectivity index (χ2v) is 8.12. The highest BCUT2D eigenvalue weighted by Gasteiger charge is 2.24. The molecule has 0 unspecified atom stereocenters. The van der Waals surface area contributed by atoms with Crippen LogP contribution in [0, 0.1) is 13.8 Å². The van der Waals surface area contributed by atoms with Crippen molar-refractivity contribution in [2.75, 3.05) is 13.7 Å². The summed E-state index contributed by atoms with van der Waals surface area (Å²) < 4.78 is 34.0. The first-order valence-corrected chi connectivity index (χ1v) is 9.91. The van der Waals surface area contributed by atoms with Gasteiger partial charge in [0.15, 0.2) is 0 Å². The molecule has 3 rings (SSSR count). The van der Waals surface area contributed by atoms with Crippen LogP contribution in [0.25, 0.3) is 11.0 Å². The maximum atomic E-state index is 12.6. The van der Waals surface area contributed by atoms with E-state index in [-0.39, 0.29) is 17.1 Å². The van der Waals surface area contributed by atoms with Crippen LogP contribution in [0.1, 0.15) is 27.6 Å². The van der Waals surface area contributed by atoms with Crippen molar-refractivity contribution >= 4 is 27.0 Å². The lowest BCUT2D eigenvalue weighted by Crippen LogP contribution is -2.26. The van der Waals surface area contributed by atoms with Gasteiger partial charge < -0.3 is 14.3 Å². The third-order valence-electron chi connectivity index (χ3n) is 4.51. The van der Waals surface area contributed by atoms with E-state index in [2.05, 4.69) is 19.4 Å². The fourth-order valence-corrected chi connectivity index (χ4v) is 4.24. The van der Waals surface area contributed by atoms with Gasteiger partial charge in [0.1, 0.15) is 16.4 Å². The highest BCUT2D eigenvalue weighted by atomic mass is 32.2. The van der Waals surface area contributed by atoms with Gasteiger partial charge in [-0.05, 0) is 37.6 Å². The number of sulfonamides is 1. The average molecular weight is 390 g/mol.